The lowest BCUT2D eigenvalue weighted by atomic mass is 10.1. The lowest BCUT2D eigenvalue weighted by Crippen LogP contribution is -2.14. The molecule has 5 heteroatoms. The Morgan fingerprint density at radius 2 is 2.00 bits per heavy atom. The second-order valence-corrected chi connectivity index (χ2v) is 6.37. The number of carbonyl (C=O) groups is 2. The van der Waals surface area contributed by atoms with Crippen molar-refractivity contribution < 1.29 is 14.3 Å². The van der Waals surface area contributed by atoms with Gasteiger partial charge in [0.15, 0.2) is 0 Å². The summed E-state index contributed by atoms with van der Waals surface area (Å²) < 4.78 is 5.61. The standard InChI is InChI=1S/C20H22N2O3/c1-13(16-5-4-6-18(11-16)21-14(2)23)25-20(24)17-8-7-15-9-10-22(3)19(15)12-17/h4-8,11-13H,9-10H2,1-3H3,(H,21,23)/t13-/m1/s1. The highest BCUT2D eigenvalue weighted by molar-refractivity contribution is 5.91. The van der Waals surface area contributed by atoms with Crippen LogP contribution >= 0.6 is 0 Å². The fraction of sp³-hybridized carbons (Fsp3) is 0.300. The van der Waals surface area contributed by atoms with E-state index in [2.05, 4.69) is 10.2 Å². The molecule has 1 aliphatic rings. The minimum Gasteiger partial charge on any atom is -0.454 e. The summed E-state index contributed by atoms with van der Waals surface area (Å²) in [6, 6.07) is 13.0. The summed E-state index contributed by atoms with van der Waals surface area (Å²) in [4.78, 5) is 25.8. The van der Waals surface area contributed by atoms with Gasteiger partial charge in [-0.25, -0.2) is 4.79 Å². The molecule has 1 aliphatic heterocycles. The second-order valence-electron chi connectivity index (χ2n) is 6.37. The number of fused-ring (bicyclic) bond motifs is 1. The predicted octanol–water partition coefficient (Wildman–Crippen LogP) is 3.56. The highest BCUT2D eigenvalue weighted by Gasteiger charge is 2.20. The van der Waals surface area contributed by atoms with Gasteiger partial charge in [-0.15, -0.1) is 0 Å². The Balaban J connectivity index is 1.73. The Kier molecular flexibility index (Phi) is 4.74. The molecule has 5 nitrogen and oxygen atoms in total. The van der Waals surface area contributed by atoms with E-state index in [9.17, 15) is 9.59 Å². The maximum Gasteiger partial charge on any atom is 0.338 e. The molecular weight excluding hydrogens is 316 g/mol. The van der Waals surface area contributed by atoms with Crippen LogP contribution < -0.4 is 10.2 Å². The SMILES string of the molecule is CC(=O)Nc1cccc([C@@H](C)OC(=O)c2ccc3c(c2)N(C)CC3)c1. The fourth-order valence-corrected chi connectivity index (χ4v) is 3.04. The number of hydrogen-bond donors (Lipinski definition) is 1. The topological polar surface area (TPSA) is 58.6 Å². The van der Waals surface area contributed by atoms with Crippen LogP contribution in [0.4, 0.5) is 11.4 Å². The third-order valence-electron chi connectivity index (χ3n) is 4.41. The zero-order chi connectivity index (χ0) is 18.0. The molecule has 0 aromatic heterocycles. The minimum absolute atomic E-state index is 0.135. The van der Waals surface area contributed by atoms with Crippen LogP contribution in [-0.2, 0) is 16.0 Å². The zero-order valence-corrected chi connectivity index (χ0v) is 14.7. The Labute approximate surface area is 147 Å². The number of rotatable bonds is 4. The van der Waals surface area contributed by atoms with E-state index < -0.39 is 6.10 Å². The van der Waals surface area contributed by atoms with Crippen molar-refractivity contribution in [3.05, 3.63) is 59.2 Å². The van der Waals surface area contributed by atoms with E-state index in [1.807, 2.05) is 50.4 Å². The lowest BCUT2D eigenvalue weighted by Gasteiger charge is -2.16. The normalized spacial score (nSPS) is 14.0. The van der Waals surface area contributed by atoms with Crippen LogP contribution in [0.15, 0.2) is 42.5 Å². The van der Waals surface area contributed by atoms with Gasteiger partial charge in [0.2, 0.25) is 5.91 Å². The molecule has 1 amide bonds. The van der Waals surface area contributed by atoms with E-state index in [4.69, 9.17) is 4.74 Å². The molecule has 0 unspecified atom stereocenters. The Bertz CT molecular complexity index is 816. The van der Waals surface area contributed by atoms with Gasteiger partial charge in [0.25, 0.3) is 0 Å². The summed E-state index contributed by atoms with van der Waals surface area (Å²) in [7, 11) is 2.02. The molecule has 0 spiro atoms. The molecule has 1 N–H and O–H groups in total. The van der Waals surface area contributed by atoms with E-state index in [1.165, 1.54) is 12.5 Å². The van der Waals surface area contributed by atoms with Gasteiger partial charge >= 0.3 is 5.97 Å². The lowest BCUT2D eigenvalue weighted by molar-refractivity contribution is -0.114. The van der Waals surface area contributed by atoms with Crippen molar-refractivity contribution in [3.63, 3.8) is 0 Å². The second kappa shape index (κ2) is 6.97. The summed E-state index contributed by atoms with van der Waals surface area (Å²) in [5.41, 5.74) is 4.42. The number of ether oxygens (including phenoxy) is 1. The summed E-state index contributed by atoms with van der Waals surface area (Å²) >= 11 is 0. The first-order chi connectivity index (χ1) is 11.9. The van der Waals surface area contributed by atoms with E-state index in [0.29, 0.717) is 11.3 Å². The molecule has 2 aromatic rings. The van der Waals surface area contributed by atoms with Gasteiger partial charge in [0.1, 0.15) is 6.10 Å². The fourth-order valence-electron chi connectivity index (χ4n) is 3.04. The van der Waals surface area contributed by atoms with Gasteiger partial charge in [-0.2, -0.15) is 0 Å². The van der Waals surface area contributed by atoms with Gasteiger partial charge in [0.05, 0.1) is 5.56 Å². The molecule has 1 atom stereocenters. The molecule has 1 heterocycles. The molecule has 3 rings (SSSR count). The molecule has 0 fully saturated rings. The molecule has 25 heavy (non-hydrogen) atoms. The van der Waals surface area contributed by atoms with Crippen LogP contribution in [0.5, 0.6) is 0 Å². The first kappa shape index (κ1) is 17.0. The Morgan fingerprint density at radius 3 is 2.76 bits per heavy atom. The average Bonchev–Trinajstić information content (AvgIpc) is 2.95. The quantitative estimate of drug-likeness (QED) is 0.866. The number of amides is 1. The van der Waals surface area contributed by atoms with Crippen molar-refractivity contribution in [2.45, 2.75) is 26.4 Å². The number of nitrogens with zero attached hydrogens (tertiary/aromatic N) is 1. The number of carbonyl (C=O) groups excluding carboxylic acids is 2. The molecule has 0 aliphatic carbocycles. The maximum absolute atomic E-state index is 12.5. The van der Waals surface area contributed by atoms with E-state index in [-0.39, 0.29) is 11.9 Å². The number of hydrogen-bond acceptors (Lipinski definition) is 4. The first-order valence-electron chi connectivity index (χ1n) is 8.36. The van der Waals surface area contributed by atoms with E-state index >= 15 is 0 Å². The molecule has 0 radical (unpaired) electrons. The van der Waals surface area contributed by atoms with Gasteiger partial charge in [-0.05, 0) is 48.7 Å². The summed E-state index contributed by atoms with van der Waals surface area (Å²) in [5.74, 6) is -0.482. The molecular formula is C20H22N2O3. The largest absolute Gasteiger partial charge is 0.454 e. The Morgan fingerprint density at radius 1 is 1.20 bits per heavy atom. The third kappa shape index (κ3) is 3.82. The van der Waals surface area contributed by atoms with Gasteiger partial charge in [-0.1, -0.05) is 18.2 Å². The summed E-state index contributed by atoms with van der Waals surface area (Å²) in [5, 5.41) is 2.73. The molecule has 130 valence electrons. The van der Waals surface area contributed by atoms with Gasteiger partial charge in [0, 0.05) is 31.9 Å². The van der Waals surface area contributed by atoms with Crippen molar-refractivity contribution in [3.8, 4) is 0 Å². The average molecular weight is 338 g/mol. The third-order valence-corrected chi connectivity index (χ3v) is 4.41. The van der Waals surface area contributed by atoms with Crippen molar-refractivity contribution >= 4 is 23.3 Å². The van der Waals surface area contributed by atoms with Gasteiger partial charge < -0.3 is 15.0 Å². The highest BCUT2D eigenvalue weighted by atomic mass is 16.5. The number of likely N-dealkylation sites (N-methyl/N-ethyl adjacent to an activating group) is 1. The van der Waals surface area contributed by atoms with Crippen LogP contribution in [-0.4, -0.2) is 25.5 Å². The smallest absolute Gasteiger partial charge is 0.338 e. The van der Waals surface area contributed by atoms with Crippen molar-refractivity contribution in [2.24, 2.45) is 0 Å². The number of benzene rings is 2. The number of nitrogens with one attached hydrogen (secondary N) is 1. The van der Waals surface area contributed by atoms with Crippen LogP contribution in [0.25, 0.3) is 0 Å². The van der Waals surface area contributed by atoms with Gasteiger partial charge in [-0.3, -0.25) is 4.79 Å². The monoisotopic (exact) mass is 338 g/mol. The Hall–Kier alpha value is -2.82. The van der Waals surface area contributed by atoms with Crippen molar-refractivity contribution in [2.75, 3.05) is 23.8 Å². The molecule has 2 aromatic carbocycles. The number of esters is 1. The van der Waals surface area contributed by atoms with Crippen LogP contribution in [0, 0.1) is 0 Å². The van der Waals surface area contributed by atoms with Crippen molar-refractivity contribution in [1.29, 1.82) is 0 Å². The van der Waals surface area contributed by atoms with Crippen LogP contribution in [0.2, 0.25) is 0 Å². The zero-order valence-electron chi connectivity index (χ0n) is 14.7. The minimum atomic E-state index is -0.410. The maximum atomic E-state index is 12.5. The van der Waals surface area contributed by atoms with Crippen LogP contribution in [0.3, 0.4) is 0 Å². The van der Waals surface area contributed by atoms with E-state index in [0.717, 1.165) is 24.2 Å². The summed E-state index contributed by atoms with van der Waals surface area (Å²) in [6.07, 6.45) is 0.597. The molecule has 0 saturated heterocycles. The first-order valence-corrected chi connectivity index (χ1v) is 8.36. The van der Waals surface area contributed by atoms with Crippen molar-refractivity contribution in [1.82, 2.24) is 0 Å². The van der Waals surface area contributed by atoms with Crippen LogP contribution in [0.1, 0.15) is 41.4 Å². The molecule has 0 saturated carbocycles. The predicted molar refractivity (Wildman–Crippen MR) is 98.0 cm³/mol. The highest BCUT2D eigenvalue weighted by Crippen LogP contribution is 2.29. The summed E-state index contributed by atoms with van der Waals surface area (Å²) in [6.45, 7) is 4.26. The molecule has 0 bridgehead atoms. The van der Waals surface area contributed by atoms with E-state index in [1.54, 1.807) is 6.07 Å². The number of anilines is 2.